The monoisotopic (exact) mass is 333 g/mol. The van der Waals surface area contributed by atoms with Gasteiger partial charge in [0.05, 0.1) is 6.04 Å². The number of carbonyl (C=O) groups is 1. The Morgan fingerprint density at radius 1 is 1.16 bits per heavy atom. The van der Waals surface area contributed by atoms with Crippen LogP contribution >= 0.6 is 0 Å². The molecule has 1 amide bonds. The predicted octanol–water partition coefficient (Wildman–Crippen LogP) is 3.54. The Labute approximate surface area is 145 Å². The van der Waals surface area contributed by atoms with Gasteiger partial charge in [-0.1, -0.05) is 29.8 Å². The van der Waals surface area contributed by atoms with Gasteiger partial charge in [0.25, 0.3) is 5.91 Å². The Bertz CT molecular complexity index is 942. The summed E-state index contributed by atoms with van der Waals surface area (Å²) >= 11 is 0. The van der Waals surface area contributed by atoms with Crippen LogP contribution in [0.3, 0.4) is 0 Å². The van der Waals surface area contributed by atoms with Crippen LogP contribution in [-0.2, 0) is 0 Å². The number of aromatic nitrogens is 4. The van der Waals surface area contributed by atoms with Gasteiger partial charge >= 0.3 is 0 Å². The maximum Gasteiger partial charge on any atom is 0.255 e. The second kappa shape index (κ2) is 6.12. The van der Waals surface area contributed by atoms with Gasteiger partial charge in [-0.2, -0.15) is 0 Å². The fraction of sp³-hybridized carbons (Fsp3) is 0.263. The molecule has 0 aliphatic heterocycles. The van der Waals surface area contributed by atoms with Crippen molar-refractivity contribution in [1.29, 1.82) is 0 Å². The molecule has 1 N–H and O–H groups in total. The van der Waals surface area contributed by atoms with Crippen molar-refractivity contribution < 1.29 is 4.79 Å². The number of amides is 1. The largest absolute Gasteiger partial charge is 0.322 e. The van der Waals surface area contributed by atoms with Gasteiger partial charge in [0.2, 0.25) is 0 Å². The molecule has 0 bridgehead atoms. The third kappa shape index (κ3) is 3.15. The van der Waals surface area contributed by atoms with Crippen LogP contribution in [0.4, 0.5) is 5.69 Å². The lowest BCUT2D eigenvalue weighted by Gasteiger charge is -2.10. The average molecular weight is 333 g/mol. The van der Waals surface area contributed by atoms with E-state index in [1.54, 1.807) is 0 Å². The molecule has 0 spiro atoms. The summed E-state index contributed by atoms with van der Waals surface area (Å²) in [5.74, 6) is 0.630. The summed E-state index contributed by atoms with van der Waals surface area (Å²) in [6.07, 6.45) is 2.22. The van der Waals surface area contributed by atoms with E-state index in [1.807, 2.05) is 61.0 Å². The van der Waals surface area contributed by atoms with Gasteiger partial charge in [-0.3, -0.25) is 4.79 Å². The quantitative estimate of drug-likeness (QED) is 0.792. The zero-order valence-corrected chi connectivity index (χ0v) is 14.2. The number of nitrogens with one attached hydrogen (secondary N) is 1. The third-order valence-corrected chi connectivity index (χ3v) is 4.40. The zero-order valence-electron chi connectivity index (χ0n) is 14.2. The van der Waals surface area contributed by atoms with E-state index in [1.165, 1.54) is 0 Å². The number of aryl methyl sites for hydroxylation is 2. The number of tetrazole rings is 1. The van der Waals surface area contributed by atoms with Crippen LogP contribution in [0.2, 0.25) is 0 Å². The molecule has 126 valence electrons. The fourth-order valence-corrected chi connectivity index (χ4v) is 2.86. The van der Waals surface area contributed by atoms with E-state index in [-0.39, 0.29) is 5.91 Å². The number of carbonyl (C=O) groups excluding carboxylic acids is 1. The number of hydrogen-bond donors (Lipinski definition) is 1. The van der Waals surface area contributed by atoms with Gasteiger partial charge in [0.1, 0.15) is 0 Å². The maximum absolute atomic E-state index is 12.6. The lowest BCUT2D eigenvalue weighted by atomic mass is 10.0. The van der Waals surface area contributed by atoms with Gasteiger partial charge in [0.15, 0.2) is 5.82 Å². The summed E-state index contributed by atoms with van der Waals surface area (Å²) in [5, 5.41) is 15.0. The SMILES string of the molecule is Cc1ccc(C)c(C(=O)Nc2cccc(-c3nnnn3C3CC3)c2)c1. The number of rotatable bonds is 4. The van der Waals surface area contributed by atoms with Crippen LogP contribution in [-0.4, -0.2) is 26.1 Å². The van der Waals surface area contributed by atoms with Gasteiger partial charge in [-0.05, 0) is 60.9 Å². The van der Waals surface area contributed by atoms with Crippen LogP contribution in [0, 0.1) is 13.8 Å². The molecule has 1 fully saturated rings. The molecule has 1 saturated carbocycles. The minimum absolute atomic E-state index is 0.111. The Kier molecular flexibility index (Phi) is 3.80. The molecule has 1 aliphatic rings. The zero-order chi connectivity index (χ0) is 17.4. The van der Waals surface area contributed by atoms with E-state index < -0.39 is 0 Å². The summed E-state index contributed by atoms with van der Waals surface area (Å²) < 4.78 is 1.87. The van der Waals surface area contributed by atoms with Crippen molar-refractivity contribution in [1.82, 2.24) is 20.2 Å². The van der Waals surface area contributed by atoms with Crippen molar-refractivity contribution in [2.24, 2.45) is 0 Å². The molecule has 6 heteroatoms. The predicted molar refractivity (Wildman–Crippen MR) is 95.4 cm³/mol. The average Bonchev–Trinajstić information content (AvgIpc) is 3.34. The van der Waals surface area contributed by atoms with Crippen molar-refractivity contribution in [3.8, 4) is 11.4 Å². The highest BCUT2D eigenvalue weighted by Gasteiger charge is 2.28. The van der Waals surface area contributed by atoms with Crippen LogP contribution in [0.15, 0.2) is 42.5 Å². The van der Waals surface area contributed by atoms with Gasteiger partial charge in [0, 0.05) is 16.8 Å². The topological polar surface area (TPSA) is 72.7 Å². The second-order valence-electron chi connectivity index (χ2n) is 6.53. The van der Waals surface area contributed by atoms with E-state index in [0.29, 0.717) is 11.6 Å². The fourth-order valence-electron chi connectivity index (χ4n) is 2.86. The summed E-state index contributed by atoms with van der Waals surface area (Å²) in [6.45, 7) is 3.92. The van der Waals surface area contributed by atoms with Crippen molar-refractivity contribution >= 4 is 11.6 Å². The first-order chi connectivity index (χ1) is 12.1. The number of nitrogens with zero attached hydrogens (tertiary/aromatic N) is 4. The Morgan fingerprint density at radius 2 is 2.00 bits per heavy atom. The van der Waals surface area contributed by atoms with E-state index in [0.717, 1.165) is 41.0 Å². The molecular weight excluding hydrogens is 314 g/mol. The van der Waals surface area contributed by atoms with E-state index in [2.05, 4.69) is 20.8 Å². The molecule has 1 aliphatic carbocycles. The lowest BCUT2D eigenvalue weighted by Crippen LogP contribution is -2.13. The standard InChI is InChI=1S/C19H19N5O/c1-12-6-7-13(2)17(10-12)19(25)20-15-5-3-4-14(11-15)18-21-22-23-24(18)16-8-9-16/h3-7,10-11,16H,8-9H2,1-2H3,(H,20,25). The van der Waals surface area contributed by atoms with Crippen LogP contribution < -0.4 is 5.32 Å². The highest BCUT2D eigenvalue weighted by atomic mass is 16.1. The summed E-state index contributed by atoms with van der Waals surface area (Å²) in [5.41, 5.74) is 4.34. The maximum atomic E-state index is 12.6. The van der Waals surface area contributed by atoms with Gasteiger partial charge in [-0.15, -0.1) is 5.10 Å². The Morgan fingerprint density at radius 3 is 2.80 bits per heavy atom. The smallest absolute Gasteiger partial charge is 0.255 e. The Hall–Kier alpha value is -3.02. The number of hydrogen-bond acceptors (Lipinski definition) is 4. The van der Waals surface area contributed by atoms with Crippen LogP contribution in [0.5, 0.6) is 0 Å². The molecule has 0 radical (unpaired) electrons. The van der Waals surface area contributed by atoms with Crippen molar-refractivity contribution in [2.45, 2.75) is 32.7 Å². The lowest BCUT2D eigenvalue weighted by molar-refractivity contribution is 0.102. The molecule has 3 aromatic rings. The minimum atomic E-state index is -0.111. The van der Waals surface area contributed by atoms with Crippen molar-refractivity contribution in [3.05, 3.63) is 59.2 Å². The normalized spacial score (nSPS) is 13.7. The highest BCUT2D eigenvalue weighted by molar-refractivity contribution is 6.05. The molecule has 0 unspecified atom stereocenters. The number of benzene rings is 2. The summed E-state index contributed by atoms with van der Waals surface area (Å²) in [4.78, 5) is 12.6. The van der Waals surface area contributed by atoms with Gasteiger partial charge in [-0.25, -0.2) is 4.68 Å². The summed E-state index contributed by atoms with van der Waals surface area (Å²) in [6, 6.07) is 13.9. The van der Waals surface area contributed by atoms with Crippen molar-refractivity contribution in [2.75, 3.05) is 5.32 Å². The molecule has 25 heavy (non-hydrogen) atoms. The third-order valence-electron chi connectivity index (χ3n) is 4.40. The van der Waals surface area contributed by atoms with Crippen molar-refractivity contribution in [3.63, 3.8) is 0 Å². The second-order valence-corrected chi connectivity index (χ2v) is 6.53. The van der Waals surface area contributed by atoms with Gasteiger partial charge < -0.3 is 5.32 Å². The van der Waals surface area contributed by atoms with E-state index in [4.69, 9.17) is 0 Å². The molecule has 0 atom stereocenters. The molecule has 1 aromatic heterocycles. The van der Waals surface area contributed by atoms with E-state index >= 15 is 0 Å². The highest BCUT2D eigenvalue weighted by Crippen LogP contribution is 2.36. The molecular formula is C19H19N5O. The molecule has 4 rings (SSSR count). The number of anilines is 1. The van der Waals surface area contributed by atoms with Crippen LogP contribution in [0.25, 0.3) is 11.4 Å². The first-order valence-corrected chi connectivity index (χ1v) is 8.39. The molecule has 2 aromatic carbocycles. The van der Waals surface area contributed by atoms with Crippen LogP contribution in [0.1, 0.15) is 40.4 Å². The molecule has 1 heterocycles. The minimum Gasteiger partial charge on any atom is -0.322 e. The Balaban J connectivity index is 1.60. The first kappa shape index (κ1) is 15.5. The summed E-state index contributed by atoms with van der Waals surface area (Å²) in [7, 11) is 0. The first-order valence-electron chi connectivity index (χ1n) is 8.39. The molecule has 0 saturated heterocycles. The van der Waals surface area contributed by atoms with E-state index in [9.17, 15) is 4.79 Å². The molecule has 6 nitrogen and oxygen atoms in total.